The summed E-state index contributed by atoms with van der Waals surface area (Å²) in [6, 6.07) is 8.09. The van der Waals surface area contributed by atoms with Gasteiger partial charge in [0.2, 0.25) is 5.91 Å². The summed E-state index contributed by atoms with van der Waals surface area (Å²) < 4.78 is 0. The van der Waals surface area contributed by atoms with Gasteiger partial charge in [-0.1, -0.05) is 18.2 Å². The number of hydrogen-bond acceptors (Lipinski definition) is 3. The summed E-state index contributed by atoms with van der Waals surface area (Å²) >= 11 is 0. The van der Waals surface area contributed by atoms with Crippen LogP contribution in [0.3, 0.4) is 0 Å². The molecule has 0 radical (unpaired) electrons. The summed E-state index contributed by atoms with van der Waals surface area (Å²) in [6.07, 6.45) is 2.56. The standard InChI is InChI=1S/C14H18N2O2/c17-9-14(5-6-14)16-13(18)11-7-10-3-1-2-4-12(10)15-8-11/h1-4,11,15,17H,5-9H2,(H,16,18). The maximum Gasteiger partial charge on any atom is 0.225 e. The average molecular weight is 246 g/mol. The van der Waals surface area contributed by atoms with Gasteiger partial charge in [-0.05, 0) is 30.9 Å². The van der Waals surface area contributed by atoms with E-state index in [4.69, 9.17) is 0 Å². The molecule has 0 saturated heterocycles. The Labute approximate surface area is 106 Å². The zero-order valence-corrected chi connectivity index (χ0v) is 10.3. The van der Waals surface area contributed by atoms with Crippen molar-refractivity contribution < 1.29 is 9.90 Å². The summed E-state index contributed by atoms with van der Waals surface area (Å²) in [6.45, 7) is 0.722. The second kappa shape index (κ2) is 4.28. The van der Waals surface area contributed by atoms with Crippen LogP contribution in [0.5, 0.6) is 0 Å². The molecule has 1 aliphatic heterocycles. The highest BCUT2D eigenvalue weighted by Crippen LogP contribution is 2.35. The zero-order valence-electron chi connectivity index (χ0n) is 10.3. The summed E-state index contributed by atoms with van der Waals surface area (Å²) in [4.78, 5) is 12.2. The van der Waals surface area contributed by atoms with Crippen molar-refractivity contribution in [1.82, 2.24) is 5.32 Å². The molecule has 1 aromatic carbocycles. The normalized spacial score (nSPS) is 23.7. The van der Waals surface area contributed by atoms with Gasteiger partial charge in [-0.2, -0.15) is 0 Å². The molecule has 1 fully saturated rings. The Kier molecular flexibility index (Phi) is 2.74. The molecule has 1 atom stereocenters. The highest BCUT2D eigenvalue weighted by Gasteiger charge is 2.44. The molecule has 1 aromatic rings. The highest BCUT2D eigenvalue weighted by atomic mass is 16.3. The van der Waals surface area contributed by atoms with Gasteiger partial charge in [0.15, 0.2) is 0 Å². The molecule has 1 amide bonds. The largest absolute Gasteiger partial charge is 0.394 e. The molecule has 2 aliphatic rings. The van der Waals surface area contributed by atoms with Gasteiger partial charge >= 0.3 is 0 Å². The molecular formula is C14H18N2O2. The molecule has 1 unspecified atom stereocenters. The van der Waals surface area contributed by atoms with Crippen molar-refractivity contribution in [1.29, 1.82) is 0 Å². The molecule has 0 aromatic heterocycles. The van der Waals surface area contributed by atoms with E-state index in [0.29, 0.717) is 6.54 Å². The number of rotatable bonds is 3. The average Bonchev–Trinajstić information content (AvgIpc) is 3.18. The fraction of sp³-hybridized carbons (Fsp3) is 0.500. The molecule has 96 valence electrons. The Hall–Kier alpha value is -1.55. The van der Waals surface area contributed by atoms with E-state index in [0.717, 1.165) is 24.9 Å². The maximum atomic E-state index is 12.2. The van der Waals surface area contributed by atoms with E-state index in [9.17, 15) is 9.90 Å². The number of hydrogen-bond donors (Lipinski definition) is 3. The molecule has 3 N–H and O–H groups in total. The van der Waals surface area contributed by atoms with Crippen LogP contribution in [0.2, 0.25) is 0 Å². The third kappa shape index (κ3) is 2.08. The van der Waals surface area contributed by atoms with E-state index < -0.39 is 0 Å². The van der Waals surface area contributed by atoms with Crippen LogP contribution in [-0.2, 0) is 11.2 Å². The van der Waals surface area contributed by atoms with E-state index >= 15 is 0 Å². The molecule has 3 rings (SSSR count). The first-order valence-corrected chi connectivity index (χ1v) is 6.47. The Morgan fingerprint density at radius 2 is 2.22 bits per heavy atom. The molecule has 1 aliphatic carbocycles. The van der Waals surface area contributed by atoms with Gasteiger partial charge in [-0.15, -0.1) is 0 Å². The van der Waals surface area contributed by atoms with Gasteiger partial charge in [0.05, 0.1) is 18.1 Å². The minimum atomic E-state index is -0.311. The number of fused-ring (bicyclic) bond motifs is 1. The van der Waals surface area contributed by atoms with Gasteiger partial charge in [0, 0.05) is 12.2 Å². The summed E-state index contributed by atoms with van der Waals surface area (Å²) in [5.41, 5.74) is 2.01. The van der Waals surface area contributed by atoms with Crippen molar-refractivity contribution in [3.8, 4) is 0 Å². The molecule has 1 saturated carbocycles. The number of anilines is 1. The van der Waals surface area contributed by atoms with Gasteiger partial charge < -0.3 is 15.7 Å². The van der Waals surface area contributed by atoms with Gasteiger partial charge in [0.1, 0.15) is 0 Å². The van der Waals surface area contributed by atoms with Crippen LogP contribution in [-0.4, -0.2) is 29.7 Å². The molecule has 18 heavy (non-hydrogen) atoms. The molecule has 0 bridgehead atoms. The number of carbonyl (C=O) groups is 1. The quantitative estimate of drug-likeness (QED) is 0.743. The lowest BCUT2D eigenvalue weighted by molar-refractivity contribution is -0.126. The van der Waals surface area contributed by atoms with Crippen molar-refractivity contribution in [3.05, 3.63) is 29.8 Å². The zero-order chi connectivity index (χ0) is 12.6. The van der Waals surface area contributed by atoms with Crippen LogP contribution in [0.1, 0.15) is 18.4 Å². The van der Waals surface area contributed by atoms with Crippen molar-refractivity contribution in [2.75, 3.05) is 18.5 Å². The number of nitrogens with one attached hydrogen (secondary N) is 2. The predicted molar refractivity (Wildman–Crippen MR) is 69.3 cm³/mol. The Balaban J connectivity index is 1.67. The van der Waals surface area contributed by atoms with Crippen molar-refractivity contribution in [3.63, 3.8) is 0 Å². The number of aliphatic hydroxyl groups is 1. The smallest absolute Gasteiger partial charge is 0.225 e. The Morgan fingerprint density at radius 3 is 2.94 bits per heavy atom. The third-order valence-corrected chi connectivity index (χ3v) is 3.94. The van der Waals surface area contributed by atoms with Crippen LogP contribution < -0.4 is 10.6 Å². The number of carbonyl (C=O) groups excluding carboxylic acids is 1. The third-order valence-electron chi connectivity index (χ3n) is 3.94. The summed E-state index contributed by atoms with van der Waals surface area (Å²) in [5.74, 6) is 0.0208. The predicted octanol–water partition coefficient (Wildman–Crippen LogP) is 0.912. The molecule has 0 spiro atoms. The first-order chi connectivity index (χ1) is 8.72. The van der Waals surface area contributed by atoms with Crippen LogP contribution in [0.15, 0.2) is 24.3 Å². The van der Waals surface area contributed by atoms with Crippen LogP contribution >= 0.6 is 0 Å². The van der Waals surface area contributed by atoms with E-state index in [-0.39, 0.29) is 24.0 Å². The number of aliphatic hydroxyl groups excluding tert-OH is 1. The van der Waals surface area contributed by atoms with Crippen LogP contribution in [0.4, 0.5) is 5.69 Å². The lowest BCUT2D eigenvalue weighted by atomic mass is 9.93. The highest BCUT2D eigenvalue weighted by molar-refractivity contribution is 5.82. The van der Waals surface area contributed by atoms with E-state index in [1.165, 1.54) is 5.56 Å². The molecule has 4 heteroatoms. The maximum absolute atomic E-state index is 12.2. The van der Waals surface area contributed by atoms with Gasteiger partial charge in [-0.3, -0.25) is 4.79 Å². The monoisotopic (exact) mass is 246 g/mol. The van der Waals surface area contributed by atoms with E-state index in [2.05, 4.69) is 16.7 Å². The van der Waals surface area contributed by atoms with Crippen LogP contribution in [0, 0.1) is 5.92 Å². The minimum absolute atomic E-state index is 0.0380. The Bertz CT molecular complexity index is 469. The van der Waals surface area contributed by atoms with Crippen molar-refractivity contribution in [2.24, 2.45) is 5.92 Å². The fourth-order valence-corrected chi connectivity index (χ4v) is 2.46. The summed E-state index contributed by atoms with van der Waals surface area (Å²) in [7, 11) is 0. The van der Waals surface area contributed by atoms with Crippen molar-refractivity contribution >= 4 is 11.6 Å². The van der Waals surface area contributed by atoms with E-state index in [1.807, 2.05) is 18.2 Å². The molecular weight excluding hydrogens is 228 g/mol. The van der Waals surface area contributed by atoms with Crippen LogP contribution in [0.25, 0.3) is 0 Å². The van der Waals surface area contributed by atoms with Gasteiger partial charge in [-0.25, -0.2) is 0 Å². The lowest BCUT2D eigenvalue weighted by Crippen LogP contribution is -2.46. The lowest BCUT2D eigenvalue weighted by Gasteiger charge is -2.27. The number of benzene rings is 1. The first kappa shape index (κ1) is 11.5. The second-order valence-electron chi connectivity index (χ2n) is 5.37. The van der Waals surface area contributed by atoms with Gasteiger partial charge in [0.25, 0.3) is 0 Å². The topological polar surface area (TPSA) is 61.4 Å². The molecule has 4 nitrogen and oxygen atoms in total. The molecule has 1 heterocycles. The fourth-order valence-electron chi connectivity index (χ4n) is 2.46. The van der Waals surface area contributed by atoms with E-state index in [1.54, 1.807) is 0 Å². The SMILES string of the molecule is O=C(NC1(CO)CC1)C1CNc2ccccc2C1. The Morgan fingerprint density at radius 1 is 1.44 bits per heavy atom. The summed E-state index contributed by atoms with van der Waals surface area (Å²) in [5, 5.41) is 15.5. The minimum Gasteiger partial charge on any atom is -0.394 e. The second-order valence-corrected chi connectivity index (χ2v) is 5.37. The van der Waals surface area contributed by atoms with Crippen molar-refractivity contribution in [2.45, 2.75) is 24.8 Å². The number of para-hydroxylation sites is 1. The first-order valence-electron chi connectivity index (χ1n) is 6.47. The number of amides is 1.